The van der Waals surface area contributed by atoms with Crippen LogP contribution in [0, 0.1) is 0 Å². The van der Waals surface area contributed by atoms with Crippen LogP contribution in [0.5, 0.6) is 0 Å². The predicted octanol–water partition coefficient (Wildman–Crippen LogP) is 1.65. The second-order valence-corrected chi connectivity index (χ2v) is 11.6. The Labute approximate surface area is 241 Å². The number of amides is 1. The van der Waals surface area contributed by atoms with E-state index in [4.69, 9.17) is 15.0 Å². The Morgan fingerprint density at radius 3 is 2.71 bits per heavy atom. The molecule has 1 aromatic heterocycles. The van der Waals surface area contributed by atoms with E-state index in [0.717, 1.165) is 43.1 Å². The van der Waals surface area contributed by atoms with Gasteiger partial charge in [-0.1, -0.05) is 59.6 Å². The molecule has 15 heteroatoms. The number of hydrogen-bond acceptors (Lipinski definition) is 11. The van der Waals surface area contributed by atoms with Crippen molar-refractivity contribution >= 4 is 23.6 Å². The first-order chi connectivity index (χ1) is 19.8. The maximum absolute atomic E-state index is 13.1. The molecule has 14 nitrogen and oxygen atoms in total. The SMILES string of the molecule is COC(=O)C1(Sc2ccccc2)CC(O)C(NC(=O)Cn2cc(C3CCCCC3)nn2)C([C@H](O)[C@H](O)CN=[N+]=[N-])O1. The molecule has 4 rings (SSSR count). The lowest BCUT2D eigenvalue weighted by Gasteiger charge is -2.47. The van der Waals surface area contributed by atoms with Crippen LogP contribution in [0.1, 0.15) is 50.1 Å². The lowest BCUT2D eigenvalue weighted by molar-refractivity contribution is -0.204. The van der Waals surface area contributed by atoms with Gasteiger partial charge in [0.05, 0.1) is 37.6 Å². The normalized spacial score (nSPS) is 26.4. The standard InChI is InChI=1S/C26H35N7O7S/c1-39-25(38)26(41-17-10-6-3-7-11-17)12-19(34)22(24(40-26)23(37)20(35)13-28-31-27)29-21(36)15-33-14-18(30-32-33)16-8-4-2-5-9-16/h3,6-7,10-11,14,16,19-20,22-24,34-35,37H,2,4-5,8-9,12-13,15H2,1H3,(H,29,36)/t19?,20-,22?,23-,24?,26?/m1/s1. The lowest BCUT2D eigenvalue weighted by atomic mass is 9.87. The van der Waals surface area contributed by atoms with Crippen molar-refractivity contribution in [2.75, 3.05) is 13.7 Å². The van der Waals surface area contributed by atoms with E-state index in [2.05, 4.69) is 25.7 Å². The third-order valence-corrected chi connectivity index (χ3v) is 8.64. The first-order valence-electron chi connectivity index (χ1n) is 13.5. The number of hydrogen-bond donors (Lipinski definition) is 4. The number of esters is 1. The summed E-state index contributed by atoms with van der Waals surface area (Å²) in [7, 11) is 1.17. The van der Waals surface area contributed by atoms with Gasteiger partial charge in [-0.3, -0.25) is 4.79 Å². The van der Waals surface area contributed by atoms with Crippen LogP contribution in [-0.4, -0.2) is 91.2 Å². The summed E-state index contributed by atoms with van der Waals surface area (Å²) >= 11 is 0.972. The summed E-state index contributed by atoms with van der Waals surface area (Å²) in [5.74, 6) is -1.07. The highest BCUT2D eigenvalue weighted by molar-refractivity contribution is 8.01. The summed E-state index contributed by atoms with van der Waals surface area (Å²) in [5.41, 5.74) is 9.48. The fourth-order valence-electron chi connectivity index (χ4n) is 5.30. The number of aliphatic hydroxyl groups excluding tert-OH is 3. The van der Waals surface area contributed by atoms with Crippen LogP contribution in [0.2, 0.25) is 0 Å². The van der Waals surface area contributed by atoms with Crippen LogP contribution in [0.3, 0.4) is 0 Å². The Morgan fingerprint density at radius 1 is 1.29 bits per heavy atom. The quantitative estimate of drug-likeness (QED) is 0.129. The van der Waals surface area contributed by atoms with Crippen LogP contribution in [0.25, 0.3) is 10.4 Å². The van der Waals surface area contributed by atoms with Crippen LogP contribution >= 0.6 is 11.8 Å². The number of nitrogens with one attached hydrogen (secondary N) is 1. The van der Waals surface area contributed by atoms with Crippen LogP contribution in [-0.2, 0) is 25.6 Å². The minimum absolute atomic E-state index is 0.214. The van der Waals surface area contributed by atoms with E-state index in [1.54, 1.807) is 36.5 Å². The van der Waals surface area contributed by atoms with E-state index in [1.807, 2.05) is 0 Å². The van der Waals surface area contributed by atoms with E-state index in [1.165, 1.54) is 18.2 Å². The lowest BCUT2D eigenvalue weighted by Crippen LogP contribution is -2.66. The molecule has 1 amide bonds. The van der Waals surface area contributed by atoms with Gasteiger partial charge in [0, 0.05) is 28.3 Å². The first kappa shape index (κ1) is 30.8. The van der Waals surface area contributed by atoms with Gasteiger partial charge in [-0.2, -0.15) is 0 Å². The summed E-state index contributed by atoms with van der Waals surface area (Å²) < 4.78 is 12.6. The van der Waals surface area contributed by atoms with E-state index in [-0.39, 0.29) is 13.0 Å². The number of rotatable bonds is 11. The van der Waals surface area contributed by atoms with Gasteiger partial charge in [0.15, 0.2) is 0 Å². The first-order valence-corrected chi connectivity index (χ1v) is 14.3. The number of aliphatic hydroxyl groups is 3. The number of thioether (sulfide) groups is 1. The highest BCUT2D eigenvalue weighted by Gasteiger charge is 2.56. The Morgan fingerprint density at radius 2 is 2.02 bits per heavy atom. The van der Waals surface area contributed by atoms with Gasteiger partial charge in [-0.25, -0.2) is 9.48 Å². The molecule has 1 aliphatic heterocycles. The van der Waals surface area contributed by atoms with Gasteiger partial charge in [0.25, 0.3) is 0 Å². The molecule has 2 fully saturated rings. The second kappa shape index (κ2) is 14.1. The Kier molecular flexibility index (Phi) is 10.6. The van der Waals surface area contributed by atoms with Gasteiger partial charge in [-0.05, 0) is 30.5 Å². The molecular formula is C26H35N7O7S. The highest BCUT2D eigenvalue weighted by Crippen LogP contribution is 2.44. The number of azide groups is 1. The molecule has 0 spiro atoms. The average Bonchev–Trinajstić information content (AvgIpc) is 3.45. The van der Waals surface area contributed by atoms with Gasteiger partial charge in [0.1, 0.15) is 18.8 Å². The maximum atomic E-state index is 13.1. The van der Waals surface area contributed by atoms with Crippen molar-refractivity contribution in [2.45, 2.75) is 91.3 Å². The van der Waals surface area contributed by atoms with Crippen molar-refractivity contribution in [3.8, 4) is 0 Å². The van der Waals surface area contributed by atoms with Gasteiger partial charge in [-0.15, -0.1) is 5.10 Å². The van der Waals surface area contributed by atoms with Crippen molar-refractivity contribution in [3.05, 3.63) is 52.7 Å². The summed E-state index contributed by atoms with van der Waals surface area (Å²) in [6, 6.07) is 7.54. The fourth-order valence-corrected chi connectivity index (χ4v) is 6.55. The highest BCUT2D eigenvalue weighted by atomic mass is 32.2. The van der Waals surface area contributed by atoms with Gasteiger partial charge >= 0.3 is 5.97 Å². The zero-order valence-electron chi connectivity index (χ0n) is 22.7. The minimum Gasteiger partial charge on any atom is -0.466 e. The number of ether oxygens (including phenoxy) is 2. The molecule has 1 saturated carbocycles. The number of benzene rings is 1. The van der Waals surface area contributed by atoms with Crippen molar-refractivity contribution < 1.29 is 34.4 Å². The summed E-state index contributed by atoms with van der Waals surface area (Å²) in [6.45, 7) is -0.720. The smallest absolute Gasteiger partial charge is 0.349 e. The molecule has 4 unspecified atom stereocenters. The summed E-state index contributed by atoms with van der Waals surface area (Å²) in [5, 5.41) is 47.1. The van der Waals surface area contributed by atoms with Crippen molar-refractivity contribution in [1.82, 2.24) is 20.3 Å². The molecule has 41 heavy (non-hydrogen) atoms. The van der Waals surface area contributed by atoms with Gasteiger partial charge in [0.2, 0.25) is 10.8 Å². The molecule has 4 N–H and O–H groups in total. The number of carbonyl (C=O) groups excluding carboxylic acids is 2. The zero-order chi connectivity index (χ0) is 29.4. The third-order valence-electron chi connectivity index (χ3n) is 7.37. The Balaban J connectivity index is 1.55. The van der Waals surface area contributed by atoms with Crippen molar-refractivity contribution in [2.24, 2.45) is 5.11 Å². The fraction of sp³-hybridized carbons (Fsp3) is 0.615. The van der Waals surface area contributed by atoms with Crippen molar-refractivity contribution in [1.29, 1.82) is 0 Å². The summed E-state index contributed by atoms with van der Waals surface area (Å²) in [6.07, 6.45) is 0.673. The van der Waals surface area contributed by atoms with Crippen LogP contribution in [0.15, 0.2) is 46.5 Å². The molecule has 0 radical (unpaired) electrons. The number of aromatic nitrogens is 3. The van der Waals surface area contributed by atoms with Crippen molar-refractivity contribution in [3.63, 3.8) is 0 Å². The van der Waals surface area contributed by atoms with E-state index < -0.39 is 53.8 Å². The van der Waals surface area contributed by atoms with E-state index in [9.17, 15) is 24.9 Å². The Hall–Kier alpha value is -3.20. The maximum Gasteiger partial charge on any atom is 0.349 e. The minimum atomic E-state index is -1.82. The third kappa shape index (κ3) is 7.56. The number of nitrogens with zero attached hydrogens (tertiary/aromatic N) is 6. The van der Waals surface area contributed by atoms with Crippen LogP contribution in [0.4, 0.5) is 0 Å². The molecule has 2 heterocycles. The number of carbonyl (C=O) groups is 2. The number of methoxy groups -OCH3 is 1. The largest absolute Gasteiger partial charge is 0.466 e. The van der Waals surface area contributed by atoms with E-state index in [0.29, 0.717) is 10.8 Å². The Bertz CT molecular complexity index is 1220. The molecule has 0 bridgehead atoms. The topological polar surface area (TPSA) is 205 Å². The van der Waals surface area contributed by atoms with Crippen LogP contribution < -0.4 is 5.32 Å². The molecule has 222 valence electrons. The molecule has 6 atom stereocenters. The molecule has 2 aromatic rings. The van der Waals surface area contributed by atoms with Gasteiger partial charge < -0.3 is 30.1 Å². The molecule has 1 aromatic carbocycles. The zero-order valence-corrected chi connectivity index (χ0v) is 23.5. The predicted molar refractivity (Wildman–Crippen MR) is 146 cm³/mol. The molecule has 1 aliphatic carbocycles. The molecular weight excluding hydrogens is 554 g/mol. The average molecular weight is 590 g/mol. The van der Waals surface area contributed by atoms with E-state index >= 15 is 0 Å². The molecule has 1 saturated heterocycles. The molecule has 2 aliphatic rings. The summed E-state index contributed by atoms with van der Waals surface area (Å²) in [4.78, 5) is 27.5. The monoisotopic (exact) mass is 589 g/mol. The second-order valence-electron chi connectivity index (χ2n) is 10.3.